The van der Waals surface area contributed by atoms with E-state index in [4.69, 9.17) is 0 Å². The summed E-state index contributed by atoms with van der Waals surface area (Å²) in [4.78, 5) is 31.7. The SMILES string of the molecule is C=CCn1c(SC(C(C)=O)=C(C)O)nc2sc3c(c2c1=O)CCCC3. The Kier molecular flexibility index (Phi) is 5.15. The Bertz CT molecular complexity index is 949. The molecule has 0 amide bonds. The molecule has 0 spiro atoms. The van der Waals surface area contributed by atoms with E-state index in [2.05, 4.69) is 11.6 Å². The number of thiophene rings is 1. The number of nitrogens with zero attached hydrogens (tertiary/aromatic N) is 2. The molecule has 7 heteroatoms. The van der Waals surface area contributed by atoms with Crippen LogP contribution in [0.3, 0.4) is 0 Å². The van der Waals surface area contributed by atoms with Crippen LogP contribution < -0.4 is 5.56 Å². The molecule has 1 aliphatic rings. The molecule has 2 aromatic heterocycles. The Labute approximate surface area is 154 Å². The van der Waals surface area contributed by atoms with Gasteiger partial charge in [0, 0.05) is 11.4 Å². The van der Waals surface area contributed by atoms with Gasteiger partial charge in [0.05, 0.1) is 10.3 Å². The number of hydrogen-bond donors (Lipinski definition) is 1. The number of ketones is 1. The molecule has 0 fully saturated rings. The van der Waals surface area contributed by atoms with Crippen molar-refractivity contribution in [3.8, 4) is 0 Å². The summed E-state index contributed by atoms with van der Waals surface area (Å²) in [5, 5.41) is 10.9. The first-order chi connectivity index (χ1) is 11.9. The minimum atomic E-state index is -0.255. The molecule has 0 radical (unpaired) electrons. The zero-order chi connectivity index (χ0) is 18.1. The van der Waals surface area contributed by atoms with E-state index in [-0.39, 0.29) is 22.0 Å². The van der Waals surface area contributed by atoms with Crippen molar-refractivity contribution in [3.05, 3.63) is 44.1 Å². The van der Waals surface area contributed by atoms with Crippen LogP contribution in [0.5, 0.6) is 0 Å². The molecule has 2 aromatic rings. The van der Waals surface area contributed by atoms with Gasteiger partial charge in [0.15, 0.2) is 10.9 Å². The first kappa shape index (κ1) is 17.9. The van der Waals surface area contributed by atoms with Crippen LogP contribution in [0.2, 0.25) is 0 Å². The van der Waals surface area contributed by atoms with E-state index in [0.29, 0.717) is 17.1 Å². The smallest absolute Gasteiger partial charge is 0.263 e. The number of aryl methyl sites for hydroxylation is 2. The predicted molar refractivity (Wildman–Crippen MR) is 103 cm³/mol. The summed E-state index contributed by atoms with van der Waals surface area (Å²) < 4.78 is 1.54. The molecule has 25 heavy (non-hydrogen) atoms. The van der Waals surface area contributed by atoms with Gasteiger partial charge in [0.1, 0.15) is 10.6 Å². The minimum Gasteiger partial charge on any atom is -0.511 e. The number of aliphatic hydroxyl groups excluding tert-OH is 1. The molecule has 1 aliphatic carbocycles. The molecule has 0 aliphatic heterocycles. The number of aromatic nitrogens is 2. The minimum absolute atomic E-state index is 0.0672. The van der Waals surface area contributed by atoms with Crippen LogP contribution >= 0.6 is 23.1 Å². The van der Waals surface area contributed by atoms with Crippen LogP contribution in [0.1, 0.15) is 37.1 Å². The summed E-state index contributed by atoms with van der Waals surface area (Å²) in [5.74, 6) is -0.322. The quantitative estimate of drug-likeness (QED) is 0.281. The summed E-state index contributed by atoms with van der Waals surface area (Å²) in [6.07, 6.45) is 5.79. The van der Waals surface area contributed by atoms with Gasteiger partial charge in [-0.3, -0.25) is 14.2 Å². The molecule has 0 saturated carbocycles. The summed E-state index contributed by atoms with van der Waals surface area (Å²) in [5.41, 5.74) is 1.05. The first-order valence-electron chi connectivity index (χ1n) is 8.18. The lowest BCUT2D eigenvalue weighted by Gasteiger charge is -2.13. The van der Waals surface area contributed by atoms with Crippen molar-refractivity contribution < 1.29 is 9.90 Å². The fourth-order valence-corrected chi connectivity index (χ4v) is 5.27. The van der Waals surface area contributed by atoms with Gasteiger partial charge < -0.3 is 5.11 Å². The second-order valence-corrected chi connectivity index (χ2v) is 8.12. The summed E-state index contributed by atoms with van der Waals surface area (Å²) in [6, 6.07) is 0. The van der Waals surface area contributed by atoms with Crippen molar-refractivity contribution in [1.29, 1.82) is 0 Å². The van der Waals surface area contributed by atoms with E-state index in [1.807, 2.05) is 0 Å². The predicted octanol–water partition coefficient (Wildman–Crippen LogP) is 3.99. The third-order valence-electron chi connectivity index (χ3n) is 4.19. The number of allylic oxidation sites excluding steroid dienone is 3. The molecular formula is C18H20N2O3S2. The van der Waals surface area contributed by atoms with Gasteiger partial charge in [0.2, 0.25) is 0 Å². The molecule has 0 bridgehead atoms. The van der Waals surface area contributed by atoms with Crippen molar-refractivity contribution in [3.63, 3.8) is 0 Å². The maximum Gasteiger partial charge on any atom is 0.263 e. The first-order valence-corrected chi connectivity index (χ1v) is 9.82. The highest BCUT2D eigenvalue weighted by molar-refractivity contribution is 8.03. The van der Waals surface area contributed by atoms with Crippen molar-refractivity contribution in [2.75, 3.05) is 0 Å². The van der Waals surface area contributed by atoms with Crippen LogP contribution in [0.15, 0.2) is 33.3 Å². The van der Waals surface area contributed by atoms with E-state index in [9.17, 15) is 14.7 Å². The Morgan fingerprint density at radius 2 is 2.12 bits per heavy atom. The zero-order valence-electron chi connectivity index (χ0n) is 14.3. The lowest BCUT2D eigenvalue weighted by Crippen LogP contribution is -2.23. The summed E-state index contributed by atoms with van der Waals surface area (Å²) in [6.45, 7) is 6.88. The third kappa shape index (κ3) is 3.30. The van der Waals surface area contributed by atoms with Crippen molar-refractivity contribution in [2.45, 2.75) is 51.2 Å². The molecule has 1 N–H and O–H groups in total. The molecule has 5 nitrogen and oxygen atoms in total. The topological polar surface area (TPSA) is 72.2 Å². The van der Waals surface area contributed by atoms with E-state index in [0.717, 1.165) is 47.8 Å². The molecule has 3 rings (SSSR count). The average molecular weight is 377 g/mol. The number of Topliss-reactive ketones (excluding diaryl/α,β-unsaturated/α-hetero) is 1. The Balaban J connectivity index is 2.23. The number of carbonyl (C=O) groups excluding carboxylic acids is 1. The van der Waals surface area contributed by atoms with Crippen LogP contribution in [0.25, 0.3) is 10.2 Å². The van der Waals surface area contributed by atoms with E-state index in [1.165, 1.54) is 23.3 Å². The second kappa shape index (κ2) is 7.17. The Morgan fingerprint density at radius 1 is 1.40 bits per heavy atom. The molecule has 0 atom stereocenters. The number of aliphatic hydroxyl groups is 1. The fourth-order valence-electron chi connectivity index (χ4n) is 3.08. The molecule has 2 heterocycles. The lowest BCUT2D eigenvalue weighted by molar-refractivity contribution is -0.113. The van der Waals surface area contributed by atoms with Gasteiger partial charge >= 0.3 is 0 Å². The molecule has 0 aromatic carbocycles. The normalized spacial score (nSPS) is 15.0. The number of rotatable bonds is 5. The zero-order valence-corrected chi connectivity index (χ0v) is 15.9. The van der Waals surface area contributed by atoms with Gasteiger partial charge in [-0.05, 0) is 56.9 Å². The summed E-state index contributed by atoms with van der Waals surface area (Å²) in [7, 11) is 0. The third-order valence-corrected chi connectivity index (χ3v) is 6.66. The van der Waals surface area contributed by atoms with Crippen molar-refractivity contribution >= 4 is 39.1 Å². The molecule has 132 valence electrons. The maximum atomic E-state index is 13.1. The Hall–Kier alpha value is -1.86. The number of carbonyl (C=O) groups is 1. The maximum absolute atomic E-state index is 13.1. The highest BCUT2D eigenvalue weighted by atomic mass is 32.2. The monoisotopic (exact) mass is 376 g/mol. The second-order valence-electron chi connectivity index (χ2n) is 6.06. The van der Waals surface area contributed by atoms with Crippen molar-refractivity contribution in [1.82, 2.24) is 9.55 Å². The van der Waals surface area contributed by atoms with Gasteiger partial charge in [0.25, 0.3) is 5.56 Å². The van der Waals surface area contributed by atoms with Crippen LogP contribution in [0.4, 0.5) is 0 Å². The lowest BCUT2D eigenvalue weighted by atomic mass is 9.97. The number of fused-ring (bicyclic) bond motifs is 3. The molecule has 0 unspecified atom stereocenters. The largest absolute Gasteiger partial charge is 0.511 e. The highest BCUT2D eigenvalue weighted by Gasteiger charge is 2.23. The molecular weight excluding hydrogens is 356 g/mol. The standard InChI is InChI=1S/C18H20N2O3S2/c1-4-9-20-17(23)14-12-7-5-6-8-13(12)24-16(14)19-18(20)25-15(10(2)21)11(3)22/h4,21H,1,5-9H2,2-3H3. The van der Waals surface area contributed by atoms with Crippen LogP contribution in [0, 0.1) is 0 Å². The van der Waals surface area contributed by atoms with E-state index < -0.39 is 0 Å². The van der Waals surface area contributed by atoms with Gasteiger partial charge in [-0.15, -0.1) is 17.9 Å². The van der Waals surface area contributed by atoms with Gasteiger partial charge in [-0.2, -0.15) is 0 Å². The van der Waals surface area contributed by atoms with Gasteiger partial charge in [-0.1, -0.05) is 6.08 Å². The van der Waals surface area contributed by atoms with E-state index >= 15 is 0 Å². The fraction of sp³-hybridized carbons (Fsp3) is 0.389. The van der Waals surface area contributed by atoms with Crippen LogP contribution in [-0.2, 0) is 24.2 Å². The number of hydrogen-bond acceptors (Lipinski definition) is 6. The molecule has 0 saturated heterocycles. The summed E-state index contributed by atoms with van der Waals surface area (Å²) >= 11 is 2.61. The van der Waals surface area contributed by atoms with Crippen molar-refractivity contribution in [2.24, 2.45) is 0 Å². The number of thioether (sulfide) groups is 1. The highest BCUT2D eigenvalue weighted by Crippen LogP contribution is 2.36. The average Bonchev–Trinajstić information content (AvgIpc) is 2.93. The van der Waals surface area contributed by atoms with E-state index in [1.54, 1.807) is 17.4 Å². The Morgan fingerprint density at radius 3 is 2.76 bits per heavy atom. The van der Waals surface area contributed by atoms with Crippen LogP contribution in [-0.4, -0.2) is 20.4 Å². The van der Waals surface area contributed by atoms with Gasteiger partial charge in [-0.25, -0.2) is 4.98 Å².